The monoisotopic (exact) mass is 262 g/mol. The molecule has 2 aromatic carbocycles. The van der Waals surface area contributed by atoms with E-state index in [1.54, 1.807) is 6.07 Å². The predicted molar refractivity (Wildman–Crippen MR) is 72.9 cm³/mol. The van der Waals surface area contributed by atoms with E-state index in [4.69, 9.17) is 0 Å². The lowest BCUT2D eigenvalue weighted by Gasteiger charge is -2.07. The van der Waals surface area contributed by atoms with Crippen LogP contribution >= 0.6 is 0 Å². The van der Waals surface area contributed by atoms with Crippen LogP contribution in [0.4, 0.5) is 14.5 Å². The van der Waals surface area contributed by atoms with E-state index >= 15 is 0 Å². The zero-order chi connectivity index (χ0) is 13.7. The molecular formula is C15H16F2N2. The average molecular weight is 262 g/mol. The second-order valence-corrected chi connectivity index (χ2v) is 4.30. The number of nitrogens with one attached hydrogen (secondary N) is 2. The Labute approximate surface area is 111 Å². The van der Waals surface area contributed by atoms with Crippen molar-refractivity contribution < 1.29 is 8.78 Å². The molecule has 0 saturated heterocycles. The van der Waals surface area contributed by atoms with Gasteiger partial charge in [0.2, 0.25) is 0 Å². The molecule has 0 heterocycles. The zero-order valence-corrected chi connectivity index (χ0v) is 10.7. The number of anilines is 1. The molecule has 2 N–H and O–H groups in total. The highest BCUT2D eigenvalue weighted by Gasteiger charge is 2.02. The number of benzene rings is 2. The number of rotatable bonds is 5. The minimum Gasteiger partial charge on any atom is -0.388 e. The lowest BCUT2D eigenvalue weighted by molar-refractivity contribution is 0.506. The Bertz CT molecular complexity index is 538. The number of halogens is 2. The SMILES string of the molecule is CNc1ccc(CNCc2ccc(F)c(F)c2)cc1. The van der Waals surface area contributed by atoms with Crippen LogP contribution in [0.25, 0.3) is 0 Å². The van der Waals surface area contributed by atoms with Gasteiger partial charge in [0, 0.05) is 25.8 Å². The summed E-state index contributed by atoms with van der Waals surface area (Å²) >= 11 is 0. The second-order valence-electron chi connectivity index (χ2n) is 4.30. The highest BCUT2D eigenvalue weighted by Crippen LogP contribution is 2.10. The third kappa shape index (κ3) is 3.76. The highest BCUT2D eigenvalue weighted by atomic mass is 19.2. The van der Waals surface area contributed by atoms with E-state index in [-0.39, 0.29) is 0 Å². The fourth-order valence-electron chi connectivity index (χ4n) is 1.79. The van der Waals surface area contributed by atoms with Gasteiger partial charge in [-0.3, -0.25) is 0 Å². The minimum atomic E-state index is -0.814. The van der Waals surface area contributed by atoms with Crippen LogP contribution in [0.15, 0.2) is 42.5 Å². The molecule has 0 fully saturated rings. The lowest BCUT2D eigenvalue weighted by Crippen LogP contribution is -2.12. The molecule has 2 nitrogen and oxygen atoms in total. The van der Waals surface area contributed by atoms with Crippen molar-refractivity contribution in [2.24, 2.45) is 0 Å². The summed E-state index contributed by atoms with van der Waals surface area (Å²) in [6.45, 7) is 1.19. The quantitative estimate of drug-likeness (QED) is 0.864. The Morgan fingerprint density at radius 1 is 0.842 bits per heavy atom. The second kappa shape index (κ2) is 6.29. The largest absolute Gasteiger partial charge is 0.388 e. The molecule has 0 radical (unpaired) electrons. The molecule has 0 unspecified atom stereocenters. The topological polar surface area (TPSA) is 24.1 Å². The molecular weight excluding hydrogens is 246 g/mol. The summed E-state index contributed by atoms with van der Waals surface area (Å²) in [5, 5.41) is 6.24. The smallest absolute Gasteiger partial charge is 0.159 e. The van der Waals surface area contributed by atoms with Crippen molar-refractivity contribution in [3.05, 3.63) is 65.2 Å². The Morgan fingerprint density at radius 3 is 2.11 bits per heavy atom. The molecule has 2 rings (SSSR count). The van der Waals surface area contributed by atoms with E-state index < -0.39 is 11.6 Å². The van der Waals surface area contributed by atoms with Crippen molar-refractivity contribution >= 4 is 5.69 Å². The third-order valence-corrected chi connectivity index (χ3v) is 2.88. The Kier molecular flexibility index (Phi) is 4.47. The van der Waals surface area contributed by atoms with Gasteiger partial charge in [-0.25, -0.2) is 8.78 Å². The summed E-state index contributed by atoms with van der Waals surface area (Å²) in [4.78, 5) is 0. The summed E-state index contributed by atoms with van der Waals surface area (Å²) < 4.78 is 25.8. The first-order chi connectivity index (χ1) is 9.19. The molecule has 19 heavy (non-hydrogen) atoms. The maximum absolute atomic E-state index is 13.0. The standard InChI is InChI=1S/C15H16F2N2/c1-18-13-5-2-11(3-6-13)9-19-10-12-4-7-14(16)15(17)8-12/h2-8,18-19H,9-10H2,1H3. The van der Waals surface area contributed by atoms with Crippen LogP contribution in [-0.2, 0) is 13.1 Å². The minimum absolute atomic E-state index is 0.505. The van der Waals surface area contributed by atoms with Crippen molar-refractivity contribution in [2.75, 3.05) is 12.4 Å². The van der Waals surface area contributed by atoms with Crippen LogP contribution in [0.1, 0.15) is 11.1 Å². The summed E-state index contributed by atoms with van der Waals surface area (Å²) in [5.74, 6) is -1.62. The first-order valence-electron chi connectivity index (χ1n) is 6.10. The van der Waals surface area contributed by atoms with Crippen molar-refractivity contribution in [1.29, 1.82) is 0 Å². The molecule has 0 bridgehead atoms. The zero-order valence-electron chi connectivity index (χ0n) is 10.7. The summed E-state index contributed by atoms with van der Waals surface area (Å²) in [6.07, 6.45) is 0. The molecule has 0 spiro atoms. The third-order valence-electron chi connectivity index (χ3n) is 2.88. The predicted octanol–water partition coefficient (Wildman–Crippen LogP) is 3.30. The Hall–Kier alpha value is -1.94. The molecule has 0 aliphatic heterocycles. The molecule has 0 aliphatic carbocycles. The molecule has 2 aromatic rings. The van der Waals surface area contributed by atoms with E-state index in [9.17, 15) is 8.78 Å². The molecule has 4 heteroatoms. The maximum atomic E-state index is 13.0. The van der Waals surface area contributed by atoms with Crippen molar-refractivity contribution in [1.82, 2.24) is 5.32 Å². The molecule has 0 saturated carbocycles. The van der Waals surface area contributed by atoms with Gasteiger partial charge in [0.15, 0.2) is 11.6 Å². The van der Waals surface area contributed by atoms with E-state index in [2.05, 4.69) is 10.6 Å². The van der Waals surface area contributed by atoms with Gasteiger partial charge < -0.3 is 10.6 Å². The van der Waals surface area contributed by atoms with Crippen molar-refractivity contribution in [3.8, 4) is 0 Å². The van der Waals surface area contributed by atoms with Crippen LogP contribution in [0.5, 0.6) is 0 Å². The van der Waals surface area contributed by atoms with Gasteiger partial charge in [0.1, 0.15) is 0 Å². The van der Waals surface area contributed by atoms with E-state index in [1.165, 1.54) is 6.07 Å². The van der Waals surface area contributed by atoms with Crippen LogP contribution in [0.3, 0.4) is 0 Å². The lowest BCUT2D eigenvalue weighted by atomic mass is 10.2. The highest BCUT2D eigenvalue weighted by molar-refractivity contribution is 5.43. The van der Waals surface area contributed by atoms with E-state index in [0.29, 0.717) is 13.1 Å². The molecule has 0 aliphatic rings. The van der Waals surface area contributed by atoms with Crippen molar-refractivity contribution in [2.45, 2.75) is 13.1 Å². The van der Waals surface area contributed by atoms with E-state index in [1.807, 2.05) is 31.3 Å². The van der Waals surface area contributed by atoms with Crippen LogP contribution in [0.2, 0.25) is 0 Å². The van der Waals surface area contributed by atoms with Gasteiger partial charge >= 0.3 is 0 Å². The number of hydrogen-bond donors (Lipinski definition) is 2. The van der Waals surface area contributed by atoms with Crippen LogP contribution in [0, 0.1) is 11.6 Å². The van der Waals surface area contributed by atoms with Gasteiger partial charge in [-0.1, -0.05) is 18.2 Å². The van der Waals surface area contributed by atoms with Crippen LogP contribution < -0.4 is 10.6 Å². The average Bonchev–Trinajstić information content (AvgIpc) is 2.43. The maximum Gasteiger partial charge on any atom is 0.159 e. The first kappa shape index (κ1) is 13.5. The number of hydrogen-bond acceptors (Lipinski definition) is 2. The first-order valence-corrected chi connectivity index (χ1v) is 6.10. The fourth-order valence-corrected chi connectivity index (χ4v) is 1.79. The summed E-state index contributed by atoms with van der Waals surface area (Å²) in [7, 11) is 1.87. The van der Waals surface area contributed by atoms with Crippen LogP contribution in [-0.4, -0.2) is 7.05 Å². The van der Waals surface area contributed by atoms with Gasteiger partial charge in [-0.15, -0.1) is 0 Å². The van der Waals surface area contributed by atoms with Gasteiger partial charge in [-0.2, -0.15) is 0 Å². The normalized spacial score (nSPS) is 10.5. The molecule has 0 aromatic heterocycles. The summed E-state index contributed by atoms with van der Waals surface area (Å²) in [6, 6.07) is 12.0. The van der Waals surface area contributed by atoms with Crippen molar-refractivity contribution in [3.63, 3.8) is 0 Å². The van der Waals surface area contributed by atoms with Gasteiger partial charge in [0.05, 0.1) is 0 Å². The molecule has 0 amide bonds. The van der Waals surface area contributed by atoms with E-state index in [0.717, 1.165) is 22.9 Å². The fraction of sp³-hybridized carbons (Fsp3) is 0.200. The molecule has 100 valence electrons. The Morgan fingerprint density at radius 2 is 1.47 bits per heavy atom. The molecule has 0 atom stereocenters. The van der Waals surface area contributed by atoms with Gasteiger partial charge in [-0.05, 0) is 35.4 Å². The Balaban J connectivity index is 1.86. The summed E-state index contributed by atoms with van der Waals surface area (Å²) in [5.41, 5.74) is 2.93. The van der Waals surface area contributed by atoms with Gasteiger partial charge in [0.25, 0.3) is 0 Å².